The minimum atomic E-state index is 0.536. The summed E-state index contributed by atoms with van der Waals surface area (Å²) in [6.07, 6.45) is 0.908. The second-order valence-electron chi connectivity index (χ2n) is 5.41. The summed E-state index contributed by atoms with van der Waals surface area (Å²) in [5.41, 5.74) is 6.29. The van der Waals surface area contributed by atoms with Gasteiger partial charge in [-0.25, -0.2) is 0 Å². The zero-order chi connectivity index (χ0) is 16.1. The van der Waals surface area contributed by atoms with Gasteiger partial charge in [0, 0.05) is 12.7 Å². The quantitative estimate of drug-likeness (QED) is 0.594. The van der Waals surface area contributed by atoms with Crippen LogP contribution in [-0.4, -0.2) is 26.6 Å². The molecule has 3 heteroatoms. The van der Waals surface area contributed by atoms with Crippen LogP contribution in [0, 0.1) is 20.8 Å². The van der Waals surface area contributed by atoms with Gasteiger partial charge in [0.05, 0.1) is 6.61 Å². The van der Waals surface area contributed by atoms with Crippen LogP contribution in [0.4, 0.5) is 0 Å². The molecule has 0 aliphatic heterocycles. The van der Waals surface area contributed by atoms with Gasteiger partial charge in [-0.2, -0.15) is 0 Å². The predicted octanol–water partition coefficient (Wildman–Crippen LogP) is 4.12. The number of benzene rings is 2. The molecule has 0 saturated heterocycles. The Bertz CT molecular complexity index is 651. The monoisotopic (exact) mass is 298 g/mol. The van der Waals surface area contributed by atoms with Crippen molar-refractivity contribution in [1.82, 2.24) is 0 Å². The summed E-state index contributed by atoms with van der Waals surface area (Å²) in [5.74, 6) is 0.847. The molecule has 0 spiro atoms. The summed E-state index contributed by atoms with van der Waals surface area (Å²) in [6, 6.07) is 9.89. The van der Waals surface area contributed by atoms with Crippen LogP contribution in [0.3, 0.4) is 0 Å². The van der Waals surface area contributed by atoms with Gasteiger partial charge in [-0.1, -0.05) is 18.2 Å². The van der Waals surface area contributed by atoms with Crippen molar-refractivity contribution >= 4 is 6.29 Å². The van der Waals surface area contributed by atoms with Crippen molar-refractivity contribution in [2.45, 2.75) is 20.8 Å². The average molecular weight is 298 g/mol. The lowest BCUT2D eigenvalue weighted by Crippen LogP contribution is -2.05. The van der Waals surface area contributed by atoms with Crippen LogP contribution >= 0.6 is 0 Å². The third-order valence-electron chi connectivity index (χ3n) is 3.83. The smallest absolute Gasteiger partial charge is 0.150 e. The molecule has 22 heavy (non-hydrogen) atoms. The predicted molar refractivity (Wildman–Crippen MR) is 88.8 cm³/mol. The van der Waals surface area contributed by atoms with Gasteiger partial charge in [0.2, 0.25) is 0 Å². The van der Waals surface area contributed by atoms with E-state index < -0.39 is 0 Å². The molecule has 0 aliphatic rings. The van der Waals surface area contributed by atoms with E-state index in [1.54, 1.807) is 7.11 Å². The minimum Gasteiger partial charge on any atom is -0.491 e. The topological polar surface area (TPSA) is 35.5 Å². The number of rotatable bonds is 6. The number of methoxy groups -OCH3 is 1. The fraction of sp³-hybridized carbons (Fsp3) is 0.316. The van der Waals surface area contributed by atoms with E-state index in [2.05, 4.69) is 19.9 Å². The van der Waals surface area contributed by atoms with Gasteiger partial charge >= 0.3 is 0 Å². The summed E-state index contributed by atoms with van der Waals surface area (Å²) >= 11 is 0. The Hall–Kier alpha value is -2.13. The Kier molecular flexibility index (Phi) is 5.34. The summed E-state index contributed by atoms with van der Waals surface area (Å²) in [4.78, 5) is 11.1. The standard InChI is InChI=1S/C19H22O3/c1-13-10-17(22-9-8-21-4)11-14(2)19(13)18-7-5-6-16(12-20)15(18)3/h5-7,10-12H,8-9H2,1-4H3. The summed E-state index contributed by atoms with van der Waals surface area (Å²) in [7, 11) is 1.66. The fourth-order valence-corrected chi connectivity index (χ4v) is 2.73. The van der Waals surface area contributed by atoms with E-state index in [1.165, 1.54) is 5.56 Å². The molecule has 0 radical (unpaired) electrons. The van der Waals surface area contributed by atoms with Gasteiger partial charge in [-0.15, -0.1) is 0 Å². The lowest BCUT2D eigenvalue weighted by molar-refractivity contribution is 0.112. The SMILES string of the molecule is COCCOc1cc(C)c(-c2cccc(C=O)c2C)c(C)c1. The van der Waals surface area contributed by atoms with Crippen molar-refractivity contribution in [1.29, 1.82) is 0 Å². The van der Waals surface area contributed by atoms with Crippen molar-refractivity contribution < 1.29 is 14.3 Å². The maximum Gasteiger partial charge on any atom is 0.150 e. The highest BCUT2D eigenvalue weighted by Gasteiger charge is 2.12. The van der Waals surface area contributed by atoms with Crippen LogP contribution in [0.2, 0.25) is 0 Å². The molecule has 0 atom stereocenters. The molecule has 0 aliphatic carbocycles. The molecule has 0 N–H and O–H groups in total. The van der Waals surface area contributed by atoms with Gasteiger partial charge in [0.15, 0.2) is 0 Å². The minimum absolute atomic E-state index is 0.536. The Morgan fingerprint density at radius 1 is 1.05 bits per heavy atom. The normalized spacial score (nSPS) is 10.5. The molecule has 116 valence electrons. The first-order valence-corrected chi connectivity index (χ1v) is 7.36. The van der Waals surface area contributed by atoms with Gasteiger partial charge in [-0.3, -0.25) is 4.79 Å². The van der Waals surface area contributed by atoms with Crippen molar-refractivity contribution in [3.63, 3.8) is 0 Å². The fourth-order valence-electron chi connectivity index (χ4n) is 2.73. The third kappa shape index (κ3) is 3.37. The Balaban J connectivity index is 2.42. The van der Waals surface area contributed by atoms with Crippen molar-refractivity contribution in [2.24, 2.45) is 0 Å². The lowest BCUT2D eigenvalue weighted by Gasteiger charge is -2.16. The first kappa shape index (κ1) is 16.2. The molecular formula is C19H22O3. The van der Waals surface area contributed by atoms with Crippen LogP contribution < -0.4 is 4.74 Å². The van der Waals surface area contributed by atoms with Gasteiger partial charge in [-0.05, 0) is 60.7 Å². The highest BCUT2D eigenvalue weighted by molar-refractivity contribution is 5.84. The molecule has 0 aromatic heterocycles. The van der Waals surface area contributed by atoms with E-state index in [1.807, 2.05) is 31.2 Å². The highest BCUT2D eigenvalue weighted by atomic mass is 16.5. The molecule has 0 saturated carbocycles. The van der Waals surface area contributed by atoms with Gasteiger partial charge in [0.25, 0.3) is 0 Å². The van der Waals surface area contributed by atoms with E-state index in [4.69, 9.17) is 9.47 Å². The maximum atomic E-state index is 11.1. The lowest BCUT2D eigenvalue weighted by atomic mass is 9.90. The van der Waals surface area contributed by atoms with Gasteiger partial charge < -0.3 is 9.47 Å². The molecule has 0 heterocycles. The molecular weight excluding hydrogens is 276 g/mol. The molecule has 0 amide bonds. The first-order valence-electron chi connectivity index (χ1n) is 7.36. The third-order valence-corrected chi connectivity index (χ3v) is 3.83. The second kappa shape index (κ2) is 7.23. The highest BCUT2D eigenvalue weighted by Crippen LogP contribution is 2.33. The van der Waals surface area contributed by atoms with Crippen LogP contribution in [0.5, 0.6) is 5.75 Å². The van der Waals surface area contributed by atoms with Gasteiger partial charge in [0.1, 0.15) is 18.6 Å². The number of carbonyl (C=O) groups is 1. The van der Waals surface area contributed by atoms with Crippen LogP contribution in [0.1, 0.15) is 27.0 Å². The average Bonchev–Trinajstić information content (AvgIpc) is 2.48. The maximum absolute atomic E-state index is 11.1. The van der Waals surface area contributed by atoms with E-state index in [9.17, 15) is 4.79 Å². The Morgan fingerprint density at radius 3 is 2.32 bits per heavy atom. The van der Waals surface area contributed by atoms with E-state index in [0.717, 1.165) is 39.9 Å². The van der Waals surface area contributed by atoms with E-state index >= 15 is 0 Å². The molecule has 3 nitrogen and oxygen atoms in total. The summed E-state index contributed by atoms with van der Waals surface area (Å²) in [6.45, 7) is 7.23. The number of aryl methyl sites for hydroxylation is 2. The summed E-state index contributed by atoms with van der Waals surface area (Å²) in [5, 5.41) is 0. The van der Waals surface area contributed by atoms with Crippen molar-refractivity contribution in [3.05, 3.63) is 52.6 Å². The number of ether oxygens (including phenoxy) is 2. The Morgan fingerprint density at radius 2 is 1.73 bits per heavy atom. The van der Waals surface area contributed by atoms with Crippen LogP contribution in [0.15, 0.2) is 30.3 Å². The number of carbonyl (C=O) groups excluding carboxylic acids is 1. The van der Waals surface area contributed by atoms with Crippen LogP contribution in [-0.2, 0) is 4.74 Å². The molecule has 2 rings (SSSR count). The number of aldehydes is 1. The van der Waals surface area contributed by atoms with Crippen molar-refractivity contribution in [2.75, 3.05) is 20.3 Å². The first-order chi connectivity index (χ1) is 10.6. The van der Waals surface area contributed by atoms with E-state index in [-0.39, 0.29) is 0 Å². The summed E-state index contributed by atoms with van der Waals surface area (Å²) < 4.78 is 10.7. The largest absolute Gasteiger partial charge is 0.491 e. The number of hydrogen-bond acceptors (Lipinski definition) is 3. The Labute approximate surface area is 131 Å². The van der Waals surface area contributed by atoms with E-state index in [0.29, 0.717) is 13.2 Å². The van der Waals surface area contributed by atoms with Crippen molar-refractivity contribution in [3.8, 4) is 16.9 Å². The molecule has 2 aromatic carbocycles. The molecule has 0 bridgehead atoms. The van der Waals surface area contributed by atoms with Crippen LogP contribution in [0.25, 0.3) is 11.1 Å². The molecule has 2 aromatic rings. The number of hydrogen-bond donors (Lipinski definition) is 0. The zero-order valence-corrected chi connectivity index (χ0v) is 13.6. The second-order valence-corrected chi connectivity index (χ2v) is 5.41. The zero-order valence-electron chi connectivity index (χ0n) is 13.6. The molecule has 0 fully saturated rings. The molecule has 0 unspecified atom stereocenters.